The van der Waals surface area contributed by atoms with Crippen LogP contribution in [-0.2, 0) is 19.2 Å². The molecule has 0 aliphatic rings. The van der Waals surface area contributed by atoms with Crippen molar-refractivity contribution in [3.05, 3.63) is 0 Å². The van der Waals surface area contributed by atoms with Crippen LogP contribution in [0.2, 0.25) is 0 Å². The second kappa shape index (κ2) is 13.4. The number of hydrogen-bond acceptors (Lipinski definition) is 7. The van der Waals surface area contributed by atoms with Crippen LogP contribution >= 0.6 is 0 Å². The number of carboxylic acid groups (broad SMARTS) is 1. The van der Waals surface area contributed by atoms with Crippen molar-refractivity contribution >= 4 is 24.4 Å². The van der Waals surface area contributed by atoms with Gasteiger partial charge in [-0.3, -0.25) is 14.5 Å². The molecule has 0 aliphatic heterocycles. The molecule has 0 aromatic carbocycles. The Kier molecular flexibility index (Phi) is 12.4. The standard InChI is InChI=1S/C17H31N3O6/c1-13(12-22)10-15(23)19(8-9-21)6-7-20(5-4-18-3)17(26)14(2)11-16(24)25/h9,12-14,17-18,26H,4-8,10-11H2,1-3H3,(H,24,25). The normalized spacial score (nSPS) is 14.5. The first kappa shape index (κ1) is 24.2. The summed E-state index contributed by atoms with van der Waals surface area (Å²) in [5.74, 6) is -2.23. The molecule has 0 aromatic heterocycles. The van der Waals surface area contributed by atoms with Crippen molar-refractivity contribution in [2.24, 2.45) is 11.8 Å². The highest BCUT2D eigenvalue weighted by Crippen LogP contribution is 2.13. The topological polar surface area (TPSA) is 127 Å². The minimum atomic E-state index is -0.995. The van der Waals surface area contributed by atoms with Crippen LogP contribution in [0.1, 0.15) is 26.7 Å². The van der Waals surface area contributed by atoms with E-state index < -0.39 is 24.0 Å². The number of aldehydes is 2. The number of nitrogens with one attached hydrogen (secondary N) is 1. The Labute approximate surface area is 154 Å². The molecule has 1 amide bonds. The van der Waals surface area contributed by atoms with E-state index in [0.717, 1.165) is 0 Å². The maximum Gasteiger partial charge on any atom is 0.303 e. The van der Waals surface area contributed by atoms with Gasteiger partial charge in [-0.05, 0) is 7.05 Å². The van der Waals surface area contributed by atoms with Gasteiger partial charge in [-0.15, -0.1) is 0 Å². The summed E-state index contributed by atoms with van der Waals surface area (Å²) >= 11 is 0. The molecule has 0 rings (SSSR count). The van der Waals surface area contributed by atoms with Gasteiger partial charge >= 0.3 is 5.97 Å². The molecular weight excluding hydrogens is 342 g/mol. The van der Waals surface area contributed by atoms with Gasteiger partial charge in [0.1, 0.15) is 18.8 Å². The van der Waals surface area contributed by atoms with Crippen molar-refractivity contribution in [2.75, 3.05) is 39.8 Å². The summed E-state index contributed by atoms with van der Waals surface area (Å²) in [6.07, 6.45) is 0.163. The van der Waals surface area contributed by atoms with Crippen molar-refractivity contribution < 1.29 is 29.4 Å². The Morgan fingerprint density at radius 1 is 1.12 bits per heavy atom. The Morgan fingerprint density at radius 2 is 1.77 bits per heavy atom. The Morgan fingerprint density at radius 3 is 2.27 bits per heavy atom. The van der Waals surface area contributed by atoms with Crippen molar-refractivity contribution in [3.8, 4) is 0 Å². The van der Waals surface area contributed by atoms with Crippen LogP contribution in [-0.4, -0.2) is 90.5 Å². The quantitative estimate of drug-likeness (QED) is 0.251. The minimum absolute atomic E-state index is 0.0197. The number of nitrogens with zero attached hydrogens (tertiary/aromatic N) is 2. The molecule has 3 unspecified atom stereocenters. The molecule has 9 nitrogen and oxygen atoms in total. The lowest BCUT2D eigenvalue weighted by Crippen LogP contribution is -2.48. The van der Waals surface area contributed by atoms with Gasteiger partial charge in [0.05, 0.1) is 13.0 Å². The molecule has 0 radical (unpaired) electrons. The van der Waals surface area contributed by atoms with Crippen LogP contribution in [0, 0.1) is 11.8 Å². The van der Waals surface area contributed by atoms with Gasteiger partial charge in [0.25, 0.3) is 0 Å². The summed E-state index contributed by atoms with van der Waals surface area (Å²) in [5.41, 5.74) is 0. The number of carbonyl (C=O) groups excluding carboxylic acids is 3. The Balaban J connectivity index is 4.93. The zero-order valence-electron chi connectivity index (χ0n) is 15.8. The molecule has 0 aromatic rings. The number of carboxylic acids is 1. The van der Waals surface area contributed by atoms with Crippen LogP contribution < -0.4 is 5.32 Å². The van der Waals surface area contributed by atoms with Gasteiger partial charge in [0.15, 0.2) is 0 Å². The van der Waals surface area contributed by atoms with Crippen LogP contribution in [0.25, 0.3) is 0 Å². The summed E-state index contributed by atoms with van der Waals surface area (Å²) in [6.45, 7) is 4.68. The molecule has 0 saturated heterocycles. The monoisotopic (exact) mass is 373 g/mol. The molecule has 0 aliphatic carbocycles. The zero-order valence-corrected chi connectivity index (χ0v) is 15.8. The third-order valence-electron chi connectivity index (χ3n) is 4.06. The van der Waals surface area contributed by atoms with Crippen LogP contribution in [0.5, 0.6) is 0 Å². The SMILES string of the molecule is CNCCN(CCN(CC=O)C(=O)CC(C)C=O)C(O)C(C)CC(=O)O. The number of rotatable bonds is 15. The molecule has 0 spiro atoms. The fourth-order valence-electron chi connectivity index (χ4n) is 2.48. The number of aliphatic carboxylic acids is 1. The summed E-state index contributed by atoms with van der Waals surface area (Å²) in [5, 5.41) is 22.3. The number of aliphatic hydroxyl groups excluding tert-OH is 1. The summed E-state index contributed by atoms with van der Waals surface area (Å²) in [6, 6.07) is 0. The average Bonchev–Trinajstić information content (AvgIpc) is 2.59. The zero-order chi connectivity index (χ0) is 20.1. The van der Waals surface area contributed by atoms with Gasteiger partial charge < -0.3 is 30.0 Å². The number of aliphatic hydroxyl groups is 1. The smallest absolute Gasteiger partial charge is 0.303 e. The van der Waals surface area contributed by atoms with Crippen molar-refractivity contribution in [1.82, 2.24) is 15.1 Å². The highest BCUT2D eigenvalue weighted by Gasteiger charge is 2.25. The Hall–Kier alpha value is -1.84. The lowest BCUT2D eigenvalue weighted by atomic mass is 10.1. The molecule has 0 fully saturated rings. The molecule has 9 heteroatoms. The number of amides is 1. The molecule has 3 N–H and O–H groups in total. The van der Waals surface area contributed by atoms with Crippen LogP contribution in [0.4, 0.5) is 0 Å². The second-order valence-corrected chi connectivity index (χ2v) is 6.45. The highest BCUT2D eigenvalue weighted by molar-refractivity contribution is 5.80. The molecule has 0 heterocycles. The van der Waals surface area contributed by atoms with Gasteiger partial charge in [0.2, 0.25) is 5.91 Å². The van der Waals surface area contributed by atoms with E-state index in [1.807, 2.05) is 0 Å². The summed E-state index contributed by atoms with van der Waals surface area (Å²) in [7, 11) is 1.76. The van der Waals surface area contributed by atoms with Gasteiger partial charge in [-0.2, -0.15) is 0 Å². The Bertz CT molecular complexity index is 460. The molecule has 26 heavy (non-hydrogen) atoms. The fourth-order valence-corrected chi connectivity index (χ4v) is 2.48. The molecular formula is C17H31N3O6. The predicted octanol–water partition coefficient (Wildman–Crippen LogP) is -0.810. The van der Waals surface area contributed by atoms with E-state index in [9.17, 15) is 24.3 Å². The van der Waals surface area contributed by atoms with Gasteiger partial charge in [-0.25, -0.2) is 0 Å². The van der Waals surface area contributed by atoms with Crippen molar-refractivity contribution in [2.45, 2.75) is 32.9 Å². The first-order valence-electron chi connectivity index (χ1n) is 8.71. The van der Waals surface area contributed by atoms with E-state index in [0.29, 0.717) is 25.7 Å². The first-order valence-corrected chi connectivity index (χ1v) is 8.71. The van der Waals surface area contributed by atoms with Crippen LogP contribution in [0.15, 0.2) is 0 Å². The fraction of sp³-hybridized carbons (Fsp3) is 0.765. The largest absolute Gasteiger partial charge is 0.481 e. The molecule has 3 atom stereocenters. The van der Waals surface area contributed by atoms with E-state index in [2.05, 4.69) is 5.32 Å². The maximum atomic E-state index is 12.2. The summed E-state index contributed by atoms with van der Waals surface area (Å²) in [4.78, 5) is 47.7. The molecule has 150 valence electrons. The van der Waals surface area contributed by atoms with Gasteiger partial charge in [-0.1, -0.05) is 13.8 Å². The predicted molar refractivity (Wildman–Crippen MR) is 95.4 cm³/mol. The van der Waals surface area contributed by atoms with Gasteiger partial charge in [0, 0.05) is 44.4 Å². The summed E-state index contributed by atoms with van der Waals surface area (Å²) < 4.78 is 0. The maximum absolute atomic E-state index is 12.2. The van der Waals surface area contributed by atoms with E-state index in [1.165, 1.54) is 4.90 Å². The van der Waals surface area contributed by atoms with E-state index in [-0.39, 0.29) is 38.4 Å². The number of hydrogen-bond donors (Lipinski definition) is 3. The third-order valence-corrected chi connectivity index (χ3v) is 4.06. The van der Waals surface area contributed by atoms with E-state index >= 15 is 0 Å². The minimum Gasteiger partial charge on any atom is -0.481 e. The second-order valence-electron chi connectivity index (χ2n) is 6.45. The number of likely N-dealkylation sites (N-methyl/N-ethyl adjacent to an activating group) is 1. The lowest BCUT2D eigenvalue weighted by Gasteiger charge is -2.33. The van der Waals surface area contributed by atoms with Crippen LogP contribution in [0.3, 0.4) is 0 Å². The van der Waals surface area contributed by atoms with Crippen molar-refractivity contribution in [1.29, 1.82) is 0 Å². The van der Waals surface area contributed by atoms with Crippen molar-refractivity contribution in [3.63, 3.8) is 0 Å². The lowest BCUT2D eigenvalue weighted by molar-refractivity contribution is -0.141. The first-order chi connectivity index (χ1) is 12.3. The van der Waals surface area contributed by atoms with E-state index in [4.69, 9.17) is 5.11 Å². The third kappa shape index (κ3) is 9.59. The molecule has 0 saturated carbocycles. The number of carbonyl (C=O) groups is 4. The highest BCUT2D eigenvalue weighted by atomic mass is 16.4. The molecule has 0 bridgehead atoms. The average molecular weight is 373 g/mol. The van der Waals surface area contributed by atoms with E-state index in [1.54, 1.807) is 25.8 Å².